The molecule has 0 atom stereocenters. The minimum absolute atomic E-state index is 0.311. The molecule has 1 aromatic rings. The molecule has 1 heterocycles. The number of likely N-dealkylation sites (tertiary alicyclic amines) is 1. The molecule has 0 unspecified atom stereocenters. The van der Waals surface area contributed by atoms with E-state index in [1.807, 2.05) is 18.2 Å². The van der Waals surface area contributed by atoms with E-state index in [2.05, 4.69) is 11.0 Å². The van der Waals surface area contributed by atoms with E-state index in [-0.39, 0.29) is 5.97 Å². The number of carbonyl (C=O) groups is 1. The monoisotopic (exact) mass is 278 g/mol. The first-order valence-electron chi connectivity index (χ1n) is 6.80. The van der Waals surface area contributed by atoms with E-state index < -0.39 is 5.54 Å². The maximum atomic E-state index is 11.7. The smallest absolute Gasteiger partial charge is 0.325 e. The van der Waals surface area contributed by atoms with Gasteiger partial charge in [0, 0.05) is 25.2 Å². The number of para-hydroxylation sites is 1. The Morgan fingerprint density at radius 3 is 2.55 bits per heavy atom. The van der Waals surface area contributed by atoms with E-state index in [1.165, 1.54) is 7.11 Å². The highest BCUT2D eigenvalue weighted by atomic mass is 16.5. The lowest BCUT2D eigenvalue weighted by Gasteiger charge is -2.37. The molecule has 110 valence electrons. The molecule has 0 amide bonds. The lowest BCUT2D eigenvalue weighted by Crippen LogP contribution is -2.55. The predicted molar refractivity (Wildman–Crippen MR) is 76.4 cm³/mol. The minimum atomic E-state index is -0.827. The SMILES string of the molecule is COC(=O)C1(N)CCN(Cc2ccccc2OC)CC1. The van der Waals surface area contributed by atoms with Crippen molar-refractivity contribution in [3.63, 3.8) is 0 Å². The first-order valence-corrected chi connectivity index (χ1v) is 6.80. The summed E-state index contributed by atoms with van der Waals surface area (Å²) in [5.41, 5.74) is 6.42. The number of nitrogens with zero attached hydrogens (tertiary/aromatic N) is 1. The number of hydrogen-bond donors (Lipinski definition) is 1. The van der Waals surface area contributed by atoms with Crippen molar-refractivity contribution in [1.29, 1.82) is 0 Å². The second-order valence-electron chi connectivity index (χ2n) is 5.24. The molecule has 1 fully saturated rings. The number of esters is 1. The van der Waals surface area contributed by atoms with Gasteiger partial charge in [-0.1, -0.05) is 18.2 Å². The Bertz CT molecular complexity index is 468. The van der Waals surface area contributed by atoms with E-state index >= 15 is 0 Å². The van der Waals surface area contributed by atoms with Crippen LogP contribution < -0.4 is 10.5 Å². The van der Waals surface area contributed by atoms with Gasteiger partial charge in [0.1, 0.15) is 11.3 Å². The van der Waals surface area contributed by atoms with Crippen molar-refractivity contribution in [2.24, 2.45) is 5.73 Å². The summed E-state index contributed by atoms with van der Waals surface area (Å²) < 4.78 is 10.1. The molecule has 0 saturated carbocycles. The molecule has 0 radical (unpaired) electrons. The molecule has 1 aliphatic rings. The van der Waals surface area contributed by atoms with Gasteiger partial charge in [0.2, 0.25) is 0 Å². The van der Waals surface area contributed by atoms with Gasteiger partial charge in [0.25, 0.3) is 0 Å². The van der Waals surface area contributed by atoms with Crippen LogP contribution >= 0.6 is 0 Å². The summed E-state index contributed by atoms with van der Waals surface area (Å²) in [7, 11) is 3.06. The van der Waals surface area contributed by atoms with Crippen LogP contribution in [0.4, 0.5) is 0 Å². The van der Waals surface area contributed by atoms with Gasteiger partial charge in [-0.05, 0) is 18.9 Å². The molecule has 1 aromatic carbocycles. The second-order valence-corrected chi connectivity index (χ2v) is 5.24. The Hall–Kier alpha value is -1.59. The Kier molecular flexibility index (Phi) is 4.62. The van der Waals surface area contributed by atoms with Gasteiger partial charge < -0.3 is 15.2 Å². The number of methoxy groups -OCH3 is 2. The Morgan fingerprint density at radius 2 is 1.95 bits per heavy atom. The molecule has 1 aliphatic heterocycles. The van der Waals surface area contributed by atoms with Gasteiger partial charge in [0.05, 0.1) is 14.2 Å². The maximum absolute atomic E-state index is 11.7. The van der Waals surface area contributed by atoms with Crippen LogP contribution in [0.1, 0.15) is 18.4 Å². The van der Waals surface area contributed by atoms with Gasteiger partial charge in [-0.25, -0.2) is 0 Å². The summed E-state index contributed by atoms with van der Waals surface area (Å²) in [4.78, 5) is 14.0. The number of hydrogen-bond acceptors (Lipinski definition) is 5. The van der Waals surface area contributed by atoms with Gasteiger partial charge in [-0.2, -0.15) is 0 Å². The number of carbonyl (C=O) groups excluding carboxylic acids is 1. The van der Waals surface area contributed by atoms with E-state index in [0.29, 0.717) is 12.8 Å². The lowest BCUT2D eigenvalue weighted by molar-refractivity contribution is -0.149. The molecule has 0 spiro atoms. The van der Waals surface area contributed by atoms with Crippen molar-refractivity contribution < 1.29 is 14.3 Å². The summed E-state index contributed by atoms with van der Waals surface area (Å²) in [6, 6.07) is 7.98. The van der Waals surface area contributed by atoms with Crippen LogP contribution in [-0.2, 0) is 16.1 Å². The zero-order chi connectivity index (χ0) is 14.6. The minimum Gasteiger partial charge on any atom is -0.496 e. The lowest BCUT2D eigenvalue weighted by atomic mass is 9.88. The van der Waals surface area contributed by atoms with E-state index in [0.717, 1.165) is 30.9 Å². The fraction of sp³-hybridized carbons (Fsp3) is 0.533. The molecule has 2 N–H and O–H groups in total. The molecule has 2 rings (SSSR count). The highest BCUT2D eigenvalue weighted by molar-refractivity contribution is 5.80. The predicted octanol–water partition coefficient (Wildman–Crippen LogP) is 1.16. The van der Waals surface area contributed by atoms with Crippen LogP contribution in [0.5, 0.6) is 5.75 Å². The quantitative estimate of drug-likeness (QED) is 0.837. The summed E-state index contributed by atoms with van der Waals surface area (Å²) in [6.07, 6.45) is 1.24. The van der Waals surface area contributed by atoms with Crippen molar-refractivity contribution in [1.82, 2.24) is 4.90 Å². The molecule has 20 heavy (non-hydrogen) atoms. The van der Waals surface area contributed by atoms with Crippen molar-refractivity contribution in [2.45, 2.75) is 24.9 Å². The third-order valence-electron chi connectivity index (χ3n) is 3.93. The maximum Gasteiger partial charge on any atom is 0.325 e. The molecular formula is C15H22N2O3. The zero-order valence-corrected chi connectivity index (χ0v) is 12.1. The van der Waals surface area contributed by atoms with Crippen LogP contribution in [0.3, 0.4) is 0 Å². The second kappa shape index (κ2) is 6.24. The topological polar surface area (TPSA) is 64.8 Å². The first kappa shape index (κ1) is 14.8. The Balaban J connectivity index is 1.96. The van der Waals surface area contributed by atoms with Crippen LogP contribution in [0.25, 0.3) is 0 Å². The molecule has 1 saturated heterocycles. The van der Waals surface area contributed by atoms with Crippen LogP contribution in [0, 0.1) is 0 Å². The molecule has 5 heteroatoms. The zero-order valence-electron chi connectivity index (χ0n) is 12.1. The van der Waals surface area contributed by atoms with Gasteiger partial charge in [0.15, 0.2) is 0 Å². The third kappa shape index (κ3) is 3.11. The molecule has 0 bridgehead atoms. The molecular weight excluding hydrogens is 256 g/mol. The van der Waals surface area contributed by atoms with Gasteiger partial charge in [-0.3, -0.25) is 9.69 Å². The summed E-state index contributed by atoms with van der Waals surface area (Å²) in [5.74, 6) is 0.583. The van der Waals surface area contributed by atoms with Crippen molar-refractivity contribution in [3.05, 3.63) is 29.8 Å². The van der Waals surface area contributed by atoms with E-state index in [4.69, 9.17) is 15.2 Å². The average Bonchev–Trinajstić information content (AvgIpc) is 2.49. The first-order chi connectivity index (χ1) is 9.59. The summed E-state index contributed by atoms with van der Waals surface area (Å²) >= 11 is 0. The number of benzene rings is 1. The van der Waals surface area contributed by atoms with Crippen molar-refractivity contribution >= 4 is 5.97 Å². The highest BCUT2D eigenvalue weighted by Crippen LogP contribution is 2.25. The van der Waals surface area contributed by atoms with Crippen molar-refractivity contribution in [2.75, 3.05) is 27.3 Å². The fourth-order valence-electron chi connectivity index (χ4n) is 2.59. The van der Waals surface area contributed by atoms with Crippen LogP contribution in [-0.4, -0.2) is 43.7 Å². The number of rotatable bonds is 4. The number of nitrogens with two attached hydrogens (primary N) is 1. The summed E-state index contributed by atoms with van der Waals surface area (Å²) in [6.45, 7) is 2.37. The Morgan fingerprint density at radius 1 is 1.30 bits per heavy atom. The Labute approximate surface area is 119 Å². The highest BCUT2D eigenvalue weighted by Gasteiger charge is 2.38. The largest absolute Gasteiger partial charge is 0.496 e. The fourth-order valence-corrected chi connectivity index (χ4v) is 2.59. The summed E-state index contributed by atoms with van der Waals surface area (Å²) in [5, 5.41) is 0. The van der Waals surface area contributed by atoms with E-state index in [9.17, 15) is 4.79 Å². The number of ether oxygens (including phenoxy) is 2. The standard InChI is InChI=1S/C15H22N2O3/c1-19-13-6-4-3-5-12(13)11-17-9-7-15(16,8-10-17)14(18)20-2/h3-6H,7-11,16H2,1-2H3. The normalized spacial score (nSPS) is 18.6. The van der Waals surface area contributed by atoms with Crippen molar-refractivity contribution in [3.8, 4) is 5.75 Å². The van der Waals surface area contributed by atoms with Crippen LogP contribution in [0.15, 0.2) is 24.3 Å². The molecule has 5 nitrogen and oxygen atoms in total. The van der Waals surface area contributed by atoms with Crippen LogP contribution in [0.2, 0.25) is 0 Å². The van der Waals surface area contributed by atoms with Gasteiger partial charge >= 0.3 is 5.97 Å². The van der Waals surface area contributed by atoms with Gasteiger partial charge in [-0.15, -0.1) is 0 Å². The third-order valence-corrected chi connectivity index (χ3v) is 3.93. The van der Waals surface area contributed by atoms with E-state index in [1.54, 1.807) is 7.11 Å². The molecule has 0 aromatic heterocycles. The number of piperidine rings is 1. The molecule has 0 aliphatic carbocycles. The average molecular weight is 278 g/mol.